The lowest BCUT2D eigenvalue weighted by atomic mass is 10.0. The van der Waals surface area contributed by atoms with Crippen LogP contribution in [0.1, 0.15) is 15.9 Å². The molecule has 2 aromatic carbocycles. The molecular formula is C18H14O4. The molecule has 110 valence electrons. The van der Waals surface area contributed by atoms with Gasteiger partial charge in [-0.25, -0.2) is 0 Å². The Balaban J connectivity index is 2.01. The number of aliphatic hydroxyl groups is 1. The molecule has 0 amide bonds. The van der Waals surface area contributed by atoms with Crippen LogP contribution >= 0.6 is 0 Å². The molecule has 0 radical (unpaired) electrons. The molecule has 3 rings (SSSR count). The van der Waals surface area contributed by atoms with E-state index in [2.05, 4.69) is 0 Å². The first-order valence-electron chi connectivity index (χ1n) is 6.74. The molecule has 0 aliphatic heterocycles. The van der Waals surface area contributed by atoms with Crippen LogP contribution in [0.5, 0.6) is 5.75 Å². The van der Waals surface area contributed by atoms with Crippen molar-refractivity contribution in [2.24, 2.45) is 0 Å². The topological polar surface area (TPSA) is 59.7 Å². The third kappa shape index (κ3) is 2.59. The van der Waals surface area contributed by atoms with Crippen LogP contribution in [0, 0.1) is 0 Å². The van der Waals surface area contributed by atoms with Crippen LogP contribution in [0.2, 0.25) is 0 Å². The number of furan rings is 1. The van der Waals surface area contributed by atoms with Gasteiger partial charge in [0.2, 0.25) is 0 Å². The molecule has 0 aliphatic carbocycles. The van der Waals surface area contributed by atoms with Crippen molar-refractivity contribution in [3.63, 3.8) is 0 Å². The number of hydrogen-bond acceptors (Lipinski definition) is 4. The van der Waals surface area contributed by atoms with E-state index in [1.165, 1.54) is 13.2 Å². The van der Waals surface area contributed by atoms with Gasteiger partial charge >= 0.3 is 0 Å². The Morgan fingerprint density at radius 2 is 1.95 bits per heavy atom. The van der Waals surface area contributed by atoms with Gasteiger partial charge in [0.1, 0.15) is 17.1 Å². The maximum atomic E-state index is 12.4. The molecule has 4 heteroatoms. The number of hydrogen-bond donors (Lipinski definition) is 1. The molecule has 0 bridgehead atoms. The summed E-state index contributed by atoms with van der Waals surface area (Å²) >= 11 is 0. The fourth-order valence-corrected chi connectivity index (χ4v) is 2.25. The number of rotatable bonds is 4. The number of carbonyl (C=O) groups excluding carboxylic acids is 1. The maximum Gasteiger partial charge on any atom is 0.193 e. The zero-order valence-corrected chi connectivity index (χ0v) is 11.9. The molecule has 1 heterocycles. The normalized spacial score (nSPS) is 11.6. The smallest absolute Gasteiger partial charge is 0.193 e. The molecule has 0 spiro atoms. The Hall–Kier alpha value is -3.01. The largest absolute Gasteiger partial charge is 0.507 e. The van der Waals surface area contributed by atoms with Gasteiger partial charge in [-0.3, -0.25) is 4.79 Å². The Morgan fingerprint density at radius 3 is 2.68 bits per heavy atom. The second-order valence-corrected chi connectivity index (χ2v) is 4.77. The molecule has 0 unspecified atom stereocenters. The van der Waals surface area contributed by atoms with E-state index in [9.17, 15) is 9.90 Å². The molecule has 3 aromatic rings. The van der Waals surface area contributed by atoms with Crippen molar-refractivity contribution in [1.29, 1.82) is 0 Å². The highest BCUT2D eigenvalue weighted by atomic mass is 16.5. The average Bonchev–Trinajstić information content (AvgIpc) is 3.01. The predicted molar refractivity (Wildman–Crippen MR) is 84.1 cm³/mol. The summed E-state index contributed by atoms with van der Waals surface area (Å²) in [7, 11) is 1.49. The molecule has 4 nitrogen and oxygen atoms in total. The summed E-state index contributed by atoms with van der Waals surface area (Å²) in [6.45, 7) is 0. The van der Waals surface area contributed by atoms with E-state index in [4.69, 9.17) is 9.15 Å². The highest BCUT2D eigenvalue weighted by Gasteiger charge is 2.14. The highest BCUT2D eigenvalue weighted by molar-refractivity contribution is 6.11. The van der Waals surface area contributed by atoms with E-state index in [-0.39, 0.29) is 11.5 Å². The zero-order chi connectivity index (χ0) is 15.5. The van der Waals surface area contributed by atoms with Crippen LogP contribution in [-0.4, -0.2) is 18.0 Å². The van der Waals surface area contributed by atoms with Gasteiger partial charge in [-0.1, -0.05) is 30.3 Å². The first kappa shape index (κ1) is 13.9. The highest BCUT2D eigenvalue weighted by Crippen LogP contribution is 2.28. The lowest BCUT2D eigenvalue weighted by molar-refractivity contribution is 0.104. The van der Waals surface area contributed by atoms with Crippen molar-refractivity contribution in [2.45, 2.75) is 0 Å². The van der Waals surface area contributed by atoms with E-state index < -0.39 is 0 Å². The molecule has 0 aliphatic rings. The van der Waals surface area contributed by atoms with Crippen molar-refractivity contribution in [2.75, 3.05) is 7.11 Å². The van der Waals surface area contributed by atoms with Gasteiger partial charge in [0.15, 0.2) is 5.78 Å². The van der Waals surface area contributed by atoms with Gasteiger partial charge in [0.25, 0.3) is 0 Å². The Morgan fingerprint density at radius 1 is 1.18 bits per heavy atom. The molecule has 0 saturated carbocycles. The molecule has 0 atom stereocenters. The first-order chi connectivity index (χ1) is 10.7. The first-order valence-corrected chi connectivity index (χ1v) is 6.74. The fourth-order valence-electron chi connectivity index (χ4n) is 2.25. The van der Waals surface area contributed by atoms with Crippen molar-refractivity contribution in [3.05, 3.63) is 72.0 Å². The van der Waals surface area contributed by atoms with Gasteiger partial charge in [0.05, 0.1) is 18.9 Å². The summed E-state index contributed by atoms with van der Waals surface area (Å²) in [4.78, 5) is 12.4. The minimum absolute atomic E-state index is 0.0834. The SMILES string of the molecule is COc1cc2occc2cc1C(=O)C=C(O)c1ccccc1. The van der Waals surface area contributed by atoms with E-state index >= 15 is 0 Å². The molecule has 1 N–H and O–H groups in total. The van der Waals surface area contributed by atoms with E-state index in [1.807, 2.05) is 6.07 Å². The fraction of sp³-hybridized carbons (Fsp3) is 0.0556. The summed E-state index contributed by atoms with van der Waals surface area (Å²) in [5.74, 6) is -0.00851. The maximum absolute atomic E-state index is 12.4. The second kappa shape index (κ2) is 5.77. The van der Waals surface area contributed by atoms with Gasteiger partial charge in [-0.15, -0.1) is 0 Å². The van der Waals surface area contributed by atoms with Crippen LogP contribution in [0.3, 0.4) is 0 Å². The van der Waals surface area contributed by atoms with E-state index in [1.54, 1.807) is 48.7 Å². The lowest BCUT2D eigenvalue weighted by Crippen LogP contribution is -2.00. The number of aliphatic hydroxyl groups excluding tert-OH is 1. The number of ether oxygens (including phenoxy) is 1. The summed E-state index contributed by atoms with van der Waals surface area (Å²) in [5, 5.41) is 10.9. The third-order valence-electron chi connectivity index (χ3n) is 3.38. The molecule has 0 fully saturated rings. The number of ketones is 1. The molecule has 0 saturated heterocycles. The Kier molecular flexibility index (Phi) is 3.66. The van der Waals surface area contributed by atoms with Crippen LogP contribution in [-0.2, 0) is 0 Å². The van der Waals surface area contributed by atoms with Crippen LogP contribution in [0.15, 0.2) is 65.3 Å². The predicted octanol–water partition coefficient (Wildman–Crippen LogP) is 4.22. The number of carbonyl (C=O) groups is 1. The lowest BCUT2D eigenvalue weighted by Gasteiger charge is -2.06. The quantitative estimate of drug-likeness (QED) is 0.444. The molecule has 1 aromatic heterocycles. The number of benzene rings is 2. The van der Waals surface area contributed by atoms with Gasteiger partial charge in [-0.2, -0.15) is 0 Å². The van der Waals surface area contributed by atoms with Gasteiger partial charge in [-0.05, 0) is 12.1 Å². The number of methoxy groups -OCH3 is 1. The summed E-state index contributed by atoms with van der Waals surface area (Å²) in [6.07, 6.45) is 2.74. The van der Waals surface area contributed by atoms with Crippen molar-refractivity contribution in [1.82, 2.24) is 0 Å². The van der Waals surface area contributed by atoms with E-state index in [0.29, 0.717) is 22.5 Å². The monoisotopic (exact) mass is 294 g/mol. The Bertz CT molecular complexity index is 844. The van der Waals surface area contributed by atoms with Crippen molar-refractivity contribution in [3.8, 4) is 5.75 Å². The number of allylic oxidation sites excluding steroid dienone is 1. The minimum atomic E-state index is -0.332. The van der Waals surface area contributed by atoms with Crippen LogP contribution < -0.4 is 4.74 Å². The standard InChI is InChI=1S/C18H14O4/c1-21-18-11-17-13(7-8-22-17)9-14(18)16(20)10-15(19)12-5-3-2-4-6-12/h2-11,19H,1H3. The second-order valence-electron chi connectivity index (χ2n) is 4.77. The third-order valence-corrected chi connectivity index (χ3v) is 3.38. The average molecular weight is 294 g/mol. The van der Waals surface area contributed by atoms with Gasteiger partial charge in [0, 0.05) is 23.1 Å². The Labute approximate surface area is 127 Å². The van der Waals surface area contributed by atoms with Crippen LogP contribution in [0.25, 0.3) is 16.7 Å². The van der Waals surface area contributed by atoms with E-state index in [0.717, 1.165) is 5.39 Å². The number of fused-ring (bicyclic) bond motifs is 1. The summed E-state index contributed by atoms with van der Waals surface area (Å²) in [6, 6.07) is 14.0. The minimum Gasteiger partial charge on any atom is -0.507 e. The van der Waals surface area contributed by atoms with Crippen molar-refractivity contribution < 1.29 is 19.1 Å². The summed E-state index contributed by atoms with van der Waals surface area (Å²) < 4.78 is 10.5. The van der Waals surface area contributed by atoms with Crippen molar-refractivity contribution >= 4 is 22.5 Å². The summed E-state index contributed by atoms with van der Waals surface area (Å²) in [5.41, 5.74) is 1.60. The molecular weight excluding hydrogens is 280 g/mol. The van der Waals surface area contributed by atoms with Gasteiger partial charge < -0.3 is 14.3 Å². The molecule has 22 heavy (non-hydrogen) atoms. The van der Waals surface area contributed by atoms with Crippen LogP contribution in [0.4, 0.5) is 0 Å². The zero-order valence-electron chi connectivity index (χ0n) is 11.9.